The molecule has 0 amide bonds. The zero-order valence-corrected chi connectivity index (χ0v) is 14.2. The summed E-state index contributed by atoms with van der Waals surface area (Å²) in [5.74, 6) is 1.62. The van der Waals surface area contributed by atoms with Gasteiger partial charge in [-0.3, -0.25) is 0 Å². The van der Waals surface area contributed by atoms with Crippen LogP contribution >= 0.6 is 15.9 Å². The predicted molar refractivity (Wildman–Crippen MR) is 86.2 cm³/mol. The van der Waals surface area contributed by atoms with Crippen LogP contribution in [-0.2, 0) is 11.3 Å². The molecule has 21 heavy (non-hydrogen) atoms. The van der Waals surface area contributed by atoms with E-state index < -0.39 is 0 Å². The first-order valence-electron chi connectivity index (χ1n) is 7.18. The first kappa shape index (κ1) is 16.5. The number of nitrogens with one attached hydrogen (secondary N) is 1. The fourth-order valence-corrected chi connectivity index (χ4v) is 2.60. The summed E-state index contributed by atoms with van der Waals surface area (Å²) >= 11 is 3.53. The number of hydrogen-bond donors (Lipinski definition) is 1. The Labute approximate surface area is 134 Å². The molecule has 1 aliphatic heterocycles. The van der Waals surface area contributed by atoms with Crippen molar-refractivity contribution in [3.8, 4) is 11.5 Å². The SMILES string of the molecule is CN(C)CCOCCNCc1cc(Br)c2c(c1)OCCO2. The maximum absolute atomic E-state index is 5.61. The molecule has 0 radical (unpaired) electrons. The molecule has 1 aromatic carbocycles. The van der Waals surface area contributed by atoms with E-state index in [4.69, 9.17) is 14.2 Å². The van der Waals surface area contributed by atoms with E-state index in [-0.39, 0.29) is 0 Å². The van der Waals surface area contributed by atoms with Gasteiger partial charge in [-0.1, -0.05) is 0 Å². The van der Waals surface area contributed by atoms with Crippen LogP contribution in [0.15, 0.2) is 16.6 Å². The normalized spacial score (nSPS) is 13.7. The van der Waals surface area contributed by atoms with Crippen molar-refractivity contribution in [1.29, 1.82) is 0 Å². The zero-order chi connectivity index (χ0) is 15.1. The van der Waals surface area contributed by atoms with Gasteiger partial charge in [-0.15, -0.1) is 0 Å². The lowest BCUT2D eigenvalue weighted by Crippen LogP contribution is -2.23. The van der Waals surface area contributed by atoms with Gasteiger partial charge in [0.05, 0.1) is 17.7 Å². The number of nitrogens with zero attached hydrogens (tertiary/aromatic N) is 1. The van der Waals surface area contributed by atoms with Crippen LogP contribution in [-0.4, -0.2) is 58.5 Å². The van der Waals surface area contributed by atoms with Crippen LogP contribution in [0.3, 0.4) is 0 Å². The number of hydrogen-bond acceptors (Lipinski definition) is 5. The average Bonchev–Trinajstić information content (AvgIpc) is 2.46. The fraction of sp³-hybridized carbons (Fsp3) is 0.600. The quantitative estimate of drug-likeness (QED) is 0.718. The fourth-order valence-electron chi connectivity index (χ4n) is 1.99. The van der Waals surface area contributed by atoms with Crippen LogP contribution in [0.2, 0.25) is 0 Å². The summed E-state index contributed by atoms with van der Waals surface area (Å²) in [7, 11) is 4.09. The van der Waals surface area contributed by atoms with E-state index in [0.717, 1.165) is 48.8 Å². The highest BCUT2D eigenvalue weighted by molar-refractivity contribution is 9.10. The smallest absolute Gasteiger partial charge is 0.175 e. The molecule has 2 rings (SSSR count). The van der Waals surface area contributed by atoms with Gasteiger partial charge in [-0.2, -0.15) is 0 Å². The lowest BCUT2D eigenvalue weighted by molar-refractivity contribution is 0.119. The predicted octanol–water partition coefficient (Wildman–Crippen LogP) is 1.89. The Kier molecular flexibility index (Phi) is 6.76. The molecule has 118 valence electrons. The molecule has 0 spiro atoms. The molecule has 5 nitrogen and oxygen atoms in total. The van der Waals surface area contributed by atoms with Crippen molar-refractivity contribution in [2.24, 2.45) is 0 Å². The zero-order valence-electron chi connectivity index (χ0n) is 12.7. The Hall–Kier alpha value is -0.820. The van der Waals surface area contributed by atoms with Crippen molar-refractivity contribution in [2.45, 2.75) is 6.54 Å². The maximum Gasteiger partial charge on any atom is 0.175 e. The third-order valence-electron chi connectivity index (χ3n) is 3.09. The van der Waals surface area contributed by atoms with Gasteiger partial charge in [0.1, 0.15) is 13.2 Å². The molecule has 1 aromatic rings. The Morgan fingerprint density at radius 1 is 1.24 bits per heavy atom. The number of likely N-dealkylation sites (N-methyl/N-ethyl adjacent to an activating group) is 1. The number of benzene rings is 1. The van der Waals surface area contributed by atoms with Gasteiger partial charge in [0.2, 0.25) is 0 Å². The highest BCUT2D eigenvalue weighted by Gasteiger charge is 2.15. The van der Waals surface area contributed by atoms with E-state index >= 15 is 0 Å². The van der Waals surface area contributed by atoms with Crippen molar-refractivity contribution in [3.05, 3.63) is 22.2 Å². The van der Waals surface area contributed by atoms with E-state index in [2.05, 4.69) is 32.2 Å². The second-order valence-corrected chi connectivity index (χ2v) is 6.05. The molecule has 1 heterocycles. The van der Waals surface area contributed by atoms with Crippen molar-refractivity contribution in [3.63, 3.8) is 0 Å². The van der Waals surface area contributed by atoms with Gasteiger partial charge in [0.15, 0.2) is 11.5 Å². The van der Waals surface area contributed by atoms with Crippen LogP contribution in [0, 0.1) is 0 Å². The van der Waals surface area contributed by atoms with Gasteiger partial charge in [-0.25, -0.2) is 0 Å². The molecule has 0 aromatic heterocycles. The summed E-state index contributed by atoms with van der Waals surface area (Å²) in [5.41, 5.74) is 1.17. The molecule has 6 heteroatoms. The van der Waals surface area contributed by atoms with Gasteiger partial charge in [0.25, 0.3) is 0 Å². The Balaban J connectivity index is 1.70. The van der Waals surface area contributed by atoms with Crippen LogP contribution < -0.4 is 14.8 Å². The van der Waals surface area contributed by atoms with Crippen LogP contribution in [0.1, 0.15) is 5.56 Å². The van der Waals surface area contributed by atoms with Crippen molar-refractivity contribution in [2.75, 3.05) is 53.6 Å². The number of halogens is 1. The Morgan fingerprint density at radius 3 is 2.86 bits per heavy atom. The molecule has 0 fully saturated rings. The second-order valence-electron chi connectivity index (χ2n) is 5.19. The minimum absolute atomic E-state index is 0.605. The molecule has 0 saturated carbocycles. The number of ether oxygens (including phenoxy) is 3. The van der Waals surface area contributed by atoms with E-state index in [1.165, 1.54) is 5.56 Å². The molecule has 1 N–H and O–H groups in total. The summed E-state index contributed by atoms with van der Waals surface area (Å²) in [6.07, 6.45) is 0. The average molecular weight is 359 g/mol. The minimum atomic E-state index is 0.605. The maximum atomic E-state index is 5.61. The van der Waals surface area contributed by atoms with Crippen LogP contribution in [0.4, 0.5) is 0 Å². The third kappa shape index (κ3) is 5.47. The molecular formula is C15H23BrN2O3. The number of rotatable bonds is 8. The van der Waals surface area contributed by atoms with E-state index in [9.17, 15) is 0 Å². The summed E-state index contributed by atoms with van der Waals surface area (Å²) in [6, 6.07) is 4.09. The molecule has 0 atom stereocenters. The lowest BCUT2D eigenvalue weighted by Gasteiger charge is -2.20. The first-order chi connectivity index (χ1) is 10.2. The molecule has 0 bridgehead atoms. The van der Waals surface area contributed by atoms with Gasteiger partial charge in [-0.05, 0) is 47.7 Å². The molecule has 0 unspecified atom stereocenters. The largest absolute Gasteiger partial charge is 0.486 e. The van der Waals surface area contributed by atoms with Crippen LogP contribution in [0.25, 0.3) is 0 Å². The van der Waals surface area contributed by atoms with Gasteiger partial charge in [0, 0.05) is 19.6 Å². The highest BCUT2D eigenvalue weighted by atomic mass is 79.9. The minimum Gasteiger partial charge on any atom is -0.486 e. The highest BCUT2D eigenvalue weighted by Crippen LogP contribution is 2.38. The van der Waals surface area contributed by atoms with E-state index in [0.29, 0.717) is 13.2 Å². The Morgan fingerprint density at radius 2 is 2.05 bits per heavy atom. The second kappa shape index (κ2) is 8.58. The molecular weight excluding hydrogens is 336 g/mol. The van der Waals surface area contributed by atoms with Gasteiger partial charge >= 0.3 is 0 Å². The van der Waals surface area contributed by atoms with E-state index in [1.807, 2.05) is 20.2 Å². The van der Waals surface area contributed by atoms with Gasteiger partial charge < -0.3 is 24.4 Å². The molecule has 1 aliphatic rings. The van der Waals surface area contributed by atoms with Crippen molar-refractivity contribution >= 4 is 15.9 Å². The summed E-state index contributed by atoms with van der Waals surface area (Å²) in [6.45, 7) is 5.27. The van der Waals surface area contributed by atoms with Crippen LogP contribution in [0.5, 0.6) is 11.5 Å². The molecule has 0 aliphatic carbocycles. The van der Waals surface area contributed by atoms with E-state index in [1.54, 1.807) is 0 Å². The monoisotopic (exact) mass is 358 g/mol. The Bertz CT molecular complexity index is 455. The standard InChI is InChI=1S/C15H23BrN2O3/c1-18(2)4-6-19-5-3-17-11-12-9-13(16)15-14(10-12)20-7-8-21-15/h9-10,17H,3-8,11H2,1-2H3. The summed E-state index contributed by atoms with van der Waals surface area (Å²) in [5, 5.41) is 3.37. The third-order valence-corrected chi connectivity index (χ3v) is 3.68. The molecule has 0 saturated heterocycles. The lowest BCUT2D eigenvalue weighted by atomic mass is 10.2. The van der Waals surface area contributed by atoms with Crippen molar-refractivity contribution < 1.29 is 14.2 Å². The summed E-state index contributed by atoms with van der Waals surface area (Å²) < 4.78 is 17.7. The van der Waals surface area contributed by atoms with Crippen molar-refractivity contribution in [1.82, 2.24) is 10.2 Å². The summed E-state index contributed by atoms with van der Waals surface area (Å²) in [4.78, 5) is 2.11. The first-order valence-corrected chi connectivity index (χ1v) is 7.97. The topological polar surface area (TPSA) is 43.0 Å². The number of fused-ring (bicyclic) bond motifs is 1.